The smallest absolute Gasteiger partial charge is 0.259 e. The third-order valence-corrected chi connectivity index (χ3v) is 3.10. The molecule has 2 rings (SSSR count). The van der Waals surface area contributed by atoms with Gasteiger partial charge in [-0.15, -0.1) is 0 Å². The Morgan fingerprint density at radius 1 is 1.19 bits per heavy atom. The van der Waals surface area contributed by atoms with Crippen LogP contribution in [0.15, 0.2) is 42.5 Å². The van der Waals surface area contributed by atoms with Gasteiger partial charge in [0, 0.05) is 19.8 Å². The van der Waals surface area contributed by atoms with E-state index in [0.717, 1.165) is 5.69 Å². The van der Waals surface area contributed by atoms with Gasteiger partial charge in [-0.1, -0.05) is 12.1 Å². The molecule has 1 amide bonds. The number of nitrogen functional groups attached to an aromatic ring is 1. The molecule has 110 valence electrons. The second-order valence-electron chi connectivity index (χ2n) is 4.83. The number of rotatable bonds is 4. The maximum absolute atomic E-state index is 12.4. The molecule has 3 N–H and O–H groups in total. The summed E-state index contributed by atoms with van der Waals surface area (Å²) < 4.78 is 5.21. The van der Waals surface area contributed by atoms with E-state index in [-0.39, 0.29) is 5.91 Å². The molecule has 5 heteroatoms. The van der Waals surface area contributed by atoms with E-state index in [4.69, 9.17) is 10.5 Å². The number of methoxy groups -OCH3 is 1. The number of carbonyl (C=O) groups excluding carboxylic acids is 1. The minimum atomic E-state index is -0.235. The first-order valence-electron chi connectivity index (χ1n) is 6.54. The van der Waals surface area contributed by atoms with E-state index in [9.17, 15) is 4.79 Å². The number of nitrogens with two attached hydrogens (primary N) is 1. The predicted molar refractivity (Wildman–Crippen MR) is 86.1 cm³/mol. The van der Waals surface area contributed by atoms with Gasteiger partial charge in [-0.2, -0.15) is 0 Å². The molecule has 0 fully saturated rings. The number of hydrogen-bond acceptors (Lipinski definition) is 4. The summed E-state index contributed by atoms with van der Waals surface area (Å²) in [6.07, 6.45) is 0. The average molecular weight is 285 g/mol. The number of benzene rings is 2. The zero-order chi connectivity index (χ0) is 15.4. The lowest BCUT2D eigenvalue weighted by atomic mass is 10.1. The van der Waals surface area contributed by atoms with E-state index in [2.05, 4.69) is 5.32 Å². The molecule has 5 nitrogen and oxygen atoms in total. The van der Waals surface area contributed by atoms with Crippen LogP contribution in [-0.4, -0.2) is 27.1 Å². The van der Waals surface area contributed by atoms with Crippen LogP contribution in [0.1, 0.15) is 10.4 Å². The van der Waals surface area contributed by atoms with Crippen molar-refractivity contribution >= 4 is 23.0 Å². The van der Waals surface area contributed by atoms with E-state index in [1.165, 1.54) is 7.11 Å². The summed E-state index contributed by atoms with van der Waals surface area (Å²) in [5.41, 5.74) is 8.42. The van der Waals surface area contributed by atoms with Crippen molar-refractivity contribution in [1.82, 2.24) is 0 Å². The van der Waals surface area contributed by atoms with Crippen LogP contribution in [0.4, 0.5) is 17.1 Å². The molecular formula is C16H19N3O2. The number of ether oxygens (including phenoxy) is 1. The highest BCUT2D eigenvalue weighted by atomic mass is 16.5. The minimum absolute atomic E-state index is 0.235. The lowest BCUT2D eigenvalue weighted by Crippen LogP contribution is -2.17. The van der Waals surface area contributed by atoms with Crippen LogP contribution in [0.25, 0.3) is 0 Å². The normalized spacial score (nSPS) is 10.0. The summed E-state index contributed by atoms with van der Waals surface area (Å²) in [6, 6.07) is 12.5. The standard InChI is InChI=1S/C16H19N3O2/c1-19(2)14-9-8-11(17)10-13(14)18-16(20)12-6-4-5-7-15(12)21-3/h4-10H,17H2,1-3H3,(H,18,20). The molecule has 0 aliphatic rings. The molecular weight excluding hydrogens is 266 g/mol. The molecule has 0 atom stereocenters. The van der Waals surface area contributed by atoms with Crippen molar-refractivity contribution in [2.75, 3.05) is 37.2 Å². The largest absolute Gasteiger partial charge is 0.496 e. The van der Waals surface area contributed by atoms with Gasteiger partial charge in [0.25, 0.3) is 5.91 Å². The van der Waals surface area contributed by atoms with Crippen LogP contribution in [0.3, 0.4) is 0 Å². The molecule has 0 aromatic heterocycles. The van der Waals surface area contributed by atoms with Crippen molar-refractivity contribution in [1.29, 1.82) is 0 Å². The fraction of sp³-hybridized carbons (Fsp3) is 0.188. The van der Waals surface area contributed by atoms with E-state index >= 15 is 0 Å². The third-order valence-electron chi connectivity index (χ3n) is 3.10. The Kier molecular flexibility index (Phi) is 4.33. The number of hydrogen-bond donors (Lipinski definition) is 2. The second-order valence-corrected chi connectivity index (χ2v) is 4.83. The van der Waals surface area contributed by atoms with E-state index in [0.29, 0.717) is 22.7 Å². The second kappa shape index (κ2) is 6.17. The van der Waals surface area contributed by atoms with Crippen molar-refractivity contribution in [3.8, 4) is 5.75 Å². The summed E-state index contributed by atoms with van der Waals surface area (Å²) >= 11 is 0. The molecule has 0 saturated carbocycles. The van der Waals surface area contributed by atoms with Crippen molar-refractivity contribution in [3.05, 3.63) is 48.0 Å². The summed E-state index contributed by atoms with van der Waals surface area (Å²) in [5, 5.41) is 2.88. The molecule has 0 aliphatic carbocycles. The van der Waals surface area contributed by atoms with Gasteiger partial charge in [-0.3, -0.25) is 4.79 Å². The lowest BCUT2D eigenvalue weighted by Gasteiger charge is -2.19. The van der Waals surface area contributed by atoms with Crippen LogP contribution in [0.5, 0.6) is 5.75 Å². The molecule has 2 aromatic rings. The molecule has 0 radical (unpaired) electrons. The zero-order valence-electron chi connectivity index (χ0n) is 12.4. The highest BCUT2D eigenvalue weighted by Crippen LogP contribution is 2.28. The quantitative estimate of drug-likeness (QED) is 0.847. The SMILES string of the molecule is COc1ccccc1C(=O)Nc1cc(N)ccc1N(C)C. The minimum Gasteiger partial charge on any atom is -0.496 e. The maximum atomic E-state index is 12.4. The van der Waals surface area contributed by atoms with Crippen LogP contribution < -0.4 is 20.7 Å². The van der Waals surface area contributed by atoms with Gasteiger partial charge in [-0.25, -0.2) is 0 Å². The van der Waals surface area contributed by atoms with E-state index < -0.39 is 0 Å². The maximum Gasteiger partial charge on any atom is 0.259 e. The highest BCUT2D eigenvalue weighted by Gasteiger charge is 2.14. The number of para-hydroxylation sites is 1. The Balaban J connectivity index is 2.33. The van der Waals surface area contributed by atoms with E-state index in [1.54, 1.807) is 30.3 Å². The van der Waals surface area contributed by atoms with Crippen molar-refractivity contribution < 1.29 is 9.53 Å². The Hall–Kier alpha value is -2.69. The van der Waals surface area contributed by atoms with E-state index in [1.807, 2.05) is 31.1 Å². The number of carbonyl (C=O) groups is 1. The molecule has 0 spiro atoms. The molecule has 0 saturated heterocycles. The van der Waals surface area contributed by atoms with Crippen LogP contribution >= 0.6 is 0 Å². The Morgan fingerprint density at radius 2 is 1.90 bits per heavy atom. The first-order valence-corrected chi connectivity index (χ1v) is 6.54. The summed E-state index contributed by atoms with van der Waals surface area (Å²) in [7, 11) is 5.35. The fourth-order valence-corrected chi connectivity index (χ4v) is 2.07. The van der Waals surface area contributed by atoms with Gasteiger partial charge in [0.05, 0.1) is 24.0 Å². The predicted octanol–water partition coefficient (Wildman–Crippen LogP) is 2.60. The molecule has 0 heterocycles. The van der Waals surface area contributed by atoms with Crippen molar-refractivity contribution in [2.24, 2.45) is 0 Å². The Morgan fingerprint density at radius 3 is 2.57 bits per heavy atom. The first-order chi connectivity index (χ1) is 10.0. The monoisotopic (exact) mass is 285 g/mol. The van der Waals surface area contributed by atoms with Crippen LogP contribution in [-0.2, 0) is 0 Å². The highest BCUT2D eigenvalue weighted by molar-refractivity contribution is 6.07. The van der Waals surface area contributed by atoms with Crippen LogP contribution in [0, 0.1) is 0 Å². The summed E-state index contributed by atoms with van der Waals surface area (Å²) in [4.78, 5) is 14.3. The van der Waals surface area contributed by atoms with Gasteiger partial charge in [0.2, 0.25) is 0 Å². The van der Waals surface area contributed by atoms with Gasteiger partial charge in [0.1, 0.15) is 5.75 Å². The van der Waals surface area contributed by atoms with Gasteiger partial charge in [-0.05, 0) is 30.3 Å². The van der Waals surface area contributed by atoms with Crippen molar-refractivity contribution in [2.45, 2.75) is 0 Å². The third kappa shape index (κ3) is 3.25. The summed E-state index contributed by atoms with van der Waals surface area (Å²) in [6.45, 7) is 0. The number of nitrogens with one attached hydrogen (secondary N) is 1. The summed E-state index contributed by atoms with van der Waals surface area (Å²) in [5.74, 6) is 0.298. The molecule has 0 bridgehead atoms. The average Bonchev–Trinajstić information content (AvgIpc) is 2.46. The number of anilines is 3. The van der Waals surface area contributed by atoms with Gasteiger partial charge in [0.15, 0.2) is 0 Å². The van der Waals surface area contributed by atoms with Gasteiger partial charge >= 0.3 is 0 Å². The molecule has 0 unspecified atom stereocenters. The van der Waals surface area contributed by atoms with Crippen LogP contribution in [0.2, 0.25) is 0 Å². The number of amides is 1. The first kappa shape index (κ1) is 14.7. The fourth-order valence-electron chi connectivity index (χ4n) is 2.07. The Labute approximate surface area is 124 Å². The van der Waals surface area contributed by atoms with Crippen molar-refractivity contribution in [3.63, 3.8) is 0 Å². The zero-order valence-corrected chi connectivity index (χ0v) is 12.4. The Bertz CT molecular complexity index is 654. The lowest BCUT2D eigenvalue weighted by molar-refractivity contribution is 0.102. The van der Waals surface area contributed by atoms with Gasteiger partial charge < -0.3 is 20.7 Å². The molecule has 0 aliphatic heterocycles. The molecule has 2 aromatic carbocycles. The topological polar surface area (TPSA) is 67.6 Å². The number of nitrogens with zero attached hydrogens (tertiary/aromatic N) is 1. The molecule has 21 heavy (non-hydrogen) atoms.